The molecular formula is C16H15N2. The lowest BCUT2D eigenvalue weighted by Gasteiger charge is -2.26. The molecule has 2 aliphatic rings. The van der Waals surface area contributed by atoms with E-state index in [4.69, 9.17) is 0 Å². The van der Waals surface area contributed by atoms with Gasteiger partial charge in [0.15, 0.2) is 6.17 Å². The molecule has 2 aliphatic heterocycles. The maximum absolute atomic E-state index is 3.55. The van der Waals surface area contributed by atoms with Gasteiger partial charge in [-0.2, -0.15) is 0 Å². The summed E-state index contributed by atoms with van der Waals surface area (Å²) in [6.07, 6.45) is 2.42. The summed E-state index contributed by atoms with van der Waals surface area (Å²) in [6, 6.07) is 17.4. The normalized spacial score (nSPS) is 17.9. The highest BCUT2D eigenvalue weighted by Gasteiger charge is 2.32. The summed E-state index contributed by atoms with van der Waals surface area (Å²) < 4.78 is 0. The molecule has 0 aromatic heterocycles. The molecule has 0 fully saturated rings. The molecule has 2 nitrogen and oxygen atoms in total. The van der Waals surface area contributed by atoms with Crippen molar-refractivity contribution in [1.29, 1.82) is 0 Å². The third kappa shape index (κ3) is 1.39. The third-order valence-electron chi connectivity index (χ3n) is 3.88. The molecule has 0 saturated heterocycles. The number of anilines is 1. The Kier molecular flexibility index (Phi) is 2.17. The number of benzene rings is 2. The summed E-state index contributed by atoms with van der Waals surface area (Å²) in [5.74, 6) is 0. The van der Waals surface area contributed by atoms with Crippen molar-refractivity contribution in [3.63, 3.8) is 0 Å². The molecule has 0 atom stereocenters. The Bertz CT molecular complexity index is 538. The minimum atomic E-state index is 0.949. The molecule has 89 valence electrons. The van der Waals surface area contributed by atoms with Gasteiger partial charge in [0.25, 0.3) is 0 Å². The van der Waals surface area contributed by atoms with E-state index in [1.54, 1.807) is 0 Å². The molecular weight excluding hydrogens is 220 g/mol. The van der Waals surface area contributed by atoms with Gasteiger partial charge in [0.05, 0.1) is 0 Å². The molecule has 0 aliphatic carbocycles. The van der Waals surface area contributed by atoms with Crippen molar-refractivity contribution in [2.75, 3.05) is 11.4 Å². The topological polar surface area (TPSA) is 15.3 Å². The minimum absolute atomic E-state index is 0.949. The Hall–Kier alpha value is -1.80. The zero-order chi connectivity index (χ0) is 11.9. The Morgan fingerprint density at radius 1 is 0.889 bits per heavy atom. The van der Waals surface area contributed by atoms with Gasteiger partial charge in [-0.1, -0.05) is 42.5 Å². The van der Waals surface area contributed by atoms with Gasteiger partial charge < -0.3 is 4.90 Å². The monoisotopic (exact) mass is 235 g/mol. The molecule has 0 spiro atoms. The molecule has 4 rings (SSSR count). The quantitative estimate of drug-likeness (QED) is 0.817. The van der Waals surface area contributed by atoms with Gasteiger partial charge >= 0.3 is 0 Å². The smallest absolute Gasteiger partial charge is 0.160 e. The predicted molar refractivity (Wildman–Crippen MR) is 73.1 cm³/mol. The number of rotatable bonds is 1. The van der Waals surface area contributed by atoms with Gasteiger partial charge in [-0.3, -0.25) is 5.32 Å². The molecule has 1 radical (unpaired) electrons. The van der Waals surface area contributed by atoms with E-state index in [0.717, 1.165) is 19.5 Å². The van der Waals surface area contributed by atoms with Crippen LogP contribution in [0.15, 0.2) is 48.5 Å². The summed E-state index contributed by atoms with van der Waals surface area (Å²) in [7, 11) is 0. The summed E-state index contributed by atoms with van der Waals surface area (Å²) in [5, 5.41) is 3.55. The van der Waals surface area contributed by atoms with Crippen LogP contribution in [0.25, 0.3) is 0 Å². The van der Waals surface area contributed by atoms with E-state index < -0.39 is 0 Å². The van der Waals surface area contributed by atoms with E-state index in [2.05, 4.69) is 58.7 Å². The highest BCUT2D eigenvalue weighted by Crippen LogP contribution is 2.36. The average molecular weight is 235 g/mol. The van der Waals surface area contributed by atoms with Gasteiger partial charge in [0.1, 0.15) is 0 Å². The van der Waals surface area contributed by atoms with Crippen molar-refractivity contribution < 1.29 is 0 Å². The molecule has 2 aromatic carbocycles. The van der Waals surface area contributed by atoms with Crippen LogP contribution in [0.3, 0.4) is 0 Å². The van der Waals surface area contributed by atoms with Crippen molar-refractivity contribution in [3.8, 4) is 0 Å². The molecule has 2 heterocycles. The van der Waals surface area contributed by atoms with E-state index in [9.17, 15) is 0 Å². The summed E-state index contributed by atoms with van der Waals surface area (Å²) >= 11 is 0. The number of nitrogens with zero attached hydrogens (tertiary/aromatic N) is 1. The van der Waals surface area contributed by atoms with Crippen molar-refractivity contribution >= 4 is 5.69 Å². The van der Waals surface area contributed by atoms with Crippen LogP contribution in [0.1, 0.15) is 16.7 Å². The van der Waals surface area contributed by atoms with Crippen LogP contribution in [0.2, 0.25) is 0 Å². The van der Waals surface area contributed by atoms with E-state index in [1.165, 1.54) is 28.5 Å². The van der Waals surface area contributed by atoms with Crippen molar-refractivity contribution in [3.05, 3.63) is 71.4 Å². The number of hydrogen-bond acceptors (Lipinski definition) is 2. The molecule has 0 unspecified atom stereocenters. The van der Waals surface area contributed by atoms with E-state index in [0.29, 0.717) is 0 Å². The fourth-order valence-electron chi connectivity index (χ4n) is 2.99. The van der Waals surface area contributed by atoms with Crippen LogP contribution in [-0.4, -0.2) is 6.54 Å². The molecule has 0 saturated carbocycles. The lowest BCUT2D eigenvalue weighted by Crippen LogP contribution is -2.34. The molecule has 2 heteroatoms. The highest BCUT2D eigenvalue weighted by atomic mass is 15.3. The van der Waals surface area contributed by atoms with Gasteiger partial charge in [-0.25, -0.2) is 0 Å². The van der Waals surface area contributed by atoms with Gasteiger partial charge in [0.2, 0.25) is 0 Å². The highest BCUT2D eigenvalue weighted by molar-refractivity contribution is 5.64. The standard InChI is InChI=1S/C16H15N2/c1-3-7-14-13(6-1)11-17-16(14)18-10-9-12-5-2-4-8-15(12)18/h1-8,17H,9-11H2. The average Bonchev–Trinajstić information content (AvgIpc) is 3.01. The van der Waals surface area contributed by atoms with Crippen LogP contribution in [-0.2, 0) is 13.0 Å². The van der Waals surface area contributed by atoms with Crippen molar-refractivity contribution in [2.45, 2.75) is 13.0 Å². The van der Waals surface area contributed by atoms with Crippen LogP contribution < -0.4 is 10.2 Å². The van der Waals surface area contributed by atoms with Crippen molar-refractivity contribution in [2.24, 2.45) is 0 Å². The molecule has 0 bridgehead atoms. The zero-order valence-electron chi connectivity index (χ0n) is 10.2. The Balaban J connectivity index is 1.75. The van der Waals surface area contributed by atoms with Crippen LogP contribution in [0.5, 0.6) is 0 Å². The first kappa shape index (κ1) is 10.2. The second-order valence-electron chi connectivity index (χ2n) is 4.89. The second-order valence-corrected chi connectivity index (χ2v) is 4.89. The third-order valence-corrected chi connectivity index (χ3v) is 3.88. The van der Waals surface area contributed by atoms with Gasteiger partial charge in [0, 0.05) is 24.3 Å². The first-order valence-electron chi connectivity index (χ1n) is 6.48. The number of nitrogens with one attached hydrogen (secondary N) is 1. The molecule has 2 aromatic rings. The fourth-order valence-corrected chi connectivity index (χ4v) is 2.99. The molecule has 1 N–H and O–H groups in total. The maximum atomic E-state index is 3.55. The Labute approximate surface area is 107 Å². The molecule has 18 heavy (non-hydrogen) atoms. The summed E-state index contributed by atoms with van der Waals surface area (Å²) in [5.41, 5.74) is 5.57. The lowest BCUT2D eigenvalue weighted by atomic mass is 10.1. The van der Waals surface area contributed by atoms with Gasteiger partial charge in [-0.05, 0) is 23.6 Å². The number of para-hydroxylation sites is 1. The van der Waals surface area contributed by atoms with E-state index in [1.807, 2.05) is 0 Å². The van der Waals surface area contributed by atoms with E-state index in [-0.39, 0.29) is 0 Å². The lowest BCUT2D eigenvalue weighted by molar-refractivity contribution is 0.721. The van der Waals surface area contributed by atoms with Crippen LogP contribution in [0, 0.1) is 6.17 Å². The van der Waals surface area contributed by atoms with E-state index >= 15 is 0 Å². The maximum Gasteiger partial charge on any atom is 0.160 e. The minimum Gasteiger partial charge on any atom is -0.345 e. The SMILES string of the molecule is c1ccc2c(c1)CN[C]2N1CCc2ccccc21. The Morgan fingerprint density at radius 3 is 2.61 bits per heavy atom. The van der Waals surface area contributed by atoms with Crippen LogP contribution >= 0.6 is 0 Å². The first-order chi connectivity index (χ1) is 8.93. The second kappa shape index (κ2) is 3.85. The zero-order valence-corrected chi connectivity index (χ0v) is 10.2. The predicted octanol–water partition coefficient (Wildman–Crippen LogP) is 2.69. The Morgan fingerprint density at radius 2 is 1.67 bits per heavy atom. The number of hydrogen-bond donors (Lipinski definition) is 1. The largest absolute Gasteiger partial charge is 0.345 e. The van der Waals surface area contributed by atoms with Gasteiger partial charge in [-0.15, -0.1) is 0 Å². The number of fused-ring (bicyclic) bond motifs is 2. The summed E-state index contributed by atoms with van der Waals surface area (Å²) in [6.45, 7) is 2.03. The summed E-state index contributed by atoms with van der Waals surface area (Å²) in [4.78, 5) is 2.42. The fraction of sp³-hybridized carbons (Fsp3) is 0.188. The molecule has 0 amide bonds. The van der Waals surface area contributed by atoms with Crippen LogP contribution in [0.4, 0.5) is 5.69 Å². The first-order valence-corrected chi connectivity index (χ1v) is 6.48. The van der Waals surface area contributed by atoms with Crippen molar-refractivity contribution in [1.82, 2.24) is 5.32 Å².